The lowest BCUT2D eigenvalue weighted by molar-refractivity contribution is -0.148. The smallest absolute Gasteiger partial charge is 0.343 e. The number of para-hydroxylation sites is 1. The molecule has 4 rings (SSSR count). The number of aldehydes is 1. The predicted octanol–water partition coefficient (Wildman–Crippen LogP) is 5.07. The molecule has 0 aromatic heterocycles. The molecule has 0 heterocycles. The van der Waals surface area contributed by atoms with E-state index in [2.05, 4.69) is 0 Å². The SMILES string of the molecule is Cc1ccc(OC(=O)c2ccccc2C(C=O)(C(=O)Cc2ccccc2)C(=O)Oc2ccccc2)cc1. The van der Waals surface area contributed by atoms with Crippen molar-refractivity contribution in [1.82, 2.24) is 0 Å². The fraction of sp³-hybridized carbons (Fsp3) is 0.0968. The first-order valence-corrected chi connectivity index (χ1v) is 11.6. The van der Waals surface area contributed by atoms with E-state index in [1.165, 1.54) is 24.3 Å². The lowest BCUT2D eigenvalue weighted by atomic mass is 9.74. The molecule has 37 heavy (non-hydrogen) atoms. The molecule has 1 atom stereocenters. The van der Waals surface area contributed by atoms with Gasteiger partial charge in [-0.3, -0.25) is 4.79 Å². The first-order chi connectivity index (χ1) is 17.9. The van der Waals surface area contributed by atoms with Crippen molar-refractivity contribution in [2.75, 3.05) is 0 Å². The zero-order valence-corrected chi connectivity index (χ0v) is 20.1. The highest BCUT2D eigenvalue weighted by Crippen LogP contribution is 2.31. The van der Waals surface area contributed by atoms with Gasteiger partial charge in [0.05, 0.1) is 5.56 Å². The summed E-state index contributed by atoms with van der Waals surface area (Å²) in [4.78, 5) is 53.5. The summed E-state index contributed by atoms with van der Waals surface area (Å²) in [5.74, 6) is -2.21. The van der Waals surface area contributed by atoms with Gasteiger partial charge in [-0.05, 0) is 48.4 Å². The van der Waals surface area contributed by atoms with Crippen LogP contribution in [0.2, 0.25) is 0 Å². The van der Waals surface area contributed by atoms with E-state index in [4.69, 9.17) is 9.47 Å². The number of benzene rings is 4. The highest BCUT2D eigenvalue weighted by Gasteiger charge is 2.51. The van der Waals surface area contributed by atoms with Crippen molar-refractivity contribution in [3.63, 3.8) is 0 Å². The summed E-state index contributed by atoms with van der Waals surface area (Å²) in [5, 5.41) is 0. The number of aryl methyl sites for hydroxylation is 1. The van der Waals surface area contributed by atoms with Crippen LogP contribution in [-0.4, -0.2) is 24.0 Å². The molecule has 4 aromatic carbocycles. The Morgan fingerprint density at radius 1 is 0.703 bits per heavy atom. The molecular formula is C31H24O6. The van der Waals surface area contributed by atoms with Crippen molar-refractivity contribution >= 4 is 24.0 Å². The van der Waals surface area contributed by atoms with Crippen molar-refractivity contribution in [3.8, 4) is 11.5 Å². The number of rotatable bonds is 9. The minimum Gasteiger partial charge on any atom is -0.425 e. The van der Waals surface area contributed by atoms with Crippen LogP contribution >= 0.6 is 0 Å². The number of Topliss-reactive ketones (excluding diaryl/α,β-unsaturated/α-hetero) is 1. The summed E-state index contributed by atoms with van der Waals surface area (Å²) in [6.45, 7) is 1.90. The van der Waals surface area contributed by atoms with Crippen LogP contribution in [0.3, 0.4) is 0 Å². The van der Waals surface area contributed by atoms with Gasteiger partial charge >= 0.3 is 11.9 Å². The molecule has 0 radical (unpaired) electrons. The largest absolute Gasteiger partial charge is 0.425 e. The van der Waals surface area contributed by atoms with Gasteiger partial charge < -0.3 is 14.3 Å². The molecule has 6 heteroatoms. The molecule has 1 unspecified atom stereocenters. The molecule has 0 aliphatic heterocycles. The fourth-order valence-corrected chi connectivity index (χ4v) is 3.92. The van der Waals surface area contributed by atoms with Gasteiger partial charge in [0, 0.05) is 6.42 Å². The summed E-state index contributed by atoms with van der Waals surface area (Å²) in [7, 11) is 0. The third-order valence-electron chi connectivity index (χ3n) is 5.90. The van der Waals surface area contributed by atoms with Crippen LogP contribution in [0.1, 0.15) is 27.0 Å². The zero-order chi connectivity index (χ0) is 26.3. The highest BCUT2D eigenvalue weighted by molar-refractivity contribution is 6.24. The molecule has 0 saturated heterocycles. The minimum absolute atomic E-state index is 0.0957. The van der Waals surface area contributed by atoms with Gasteiger partial charge in [0.2, 0.25) is 5.41 Å². The Hall–Kier alpha value is -4.84. The Morgan fingerprint density at radius 2 is 1.27 bits per heavy atom. The number of carbonyl (C=O) groups is 4. The van der Waals surface area contributed by atoms with Crippen LogP contribution in [0, 0.1) is 6.92 Å². The van der Waals surface area contributed by atoms with E-state index in [0.717, 1.165) is 5.56 Å². The summed E-state index contributed by atoms with van der Waals surface area (Å²) < 4.78 is 11.0. The predicted molar refractivity (Wildman–Crippen MR) is 138 cm³/mol. The van der Waals surface area contributed by atoms with Crippen molar-refractivity contribution in [3.05, 3.63) is 131 Å². The number of hydrogen-bond donors (Lipinski definition) is 0. The molecular weight excluding hydrogens is 468 g/mol. The van der Waals surface area contributed by atoms with Gasteiger partial charge in [-0.15, -0.1) is 0 Å². The molecule has 0 fully saturated rings. The number of hydrogen-bond acceptors (Lipinski definition) is 6. The monoisotopic (exact) mass is 492 g/mol. The van der Waals surface area contributed by atoms with E-state index in [0.29, 0.717) is 5.56 Å². The fourth-order valence-electron chi connectivity index (χ4n) is 3.92. The first-order valence-electron chi connectivity index (χ1n) is 11.6. The molecule has 4 aromatic rings. The van der Waals surface area contributed by atoms with Gasteiger partial charge in [0.25, 0.3) is 0 Å². The van der Waals surface area contributed by atoms with E-state index in [-0.39, 0.29) is 35.3 Å². The summed E-state index contributed by atoms with van der Waals surface area (Å²) in [6.07, 6.45) is 0.0202. The second-order valence-electron chi connectivity index (χ2n) is 8.46. The molecule has 184 valence electrons. The zero-order valence-electron chi connectivity index (χ0n) is 20.1. The molecule has 0 saturated carbocycles. The van der Waals surface area contributed by atoms with E-state index < -0.39 is 23.1 Å². The molecule has 0 aliphatic rings. The topological polar surface area (TPSA) is 86.7 Å². The van der Waals surface area contributed by atoms with Crippen LogP contribution in [0.4, 0.5) is 0 Å². The Kier molecular flexibility index (Phi) is 7.69. The normalized spacial score (nSPS) is 12.1. The Morgan fingerprint density at radius 3 is 1.92 bits per heavy atom. The van der Waals surface area contributed by atoms with Crippen molar-refractivity contribution in [1.29, 1.82) is 0 Å². The lowest BCUT2D eigenvalue weighted by Crippen LogP contribution is -2.49. The third-order valence-corrected chi connectivity index (χ3v) is 5.90. The van der Waals surface area contributed by atoms with E-state index in [1.807, 2.05) is 6.92 Å². The summed E-state index contributed by atoms with van der Waals surface area (Å²) in [6, 6.07) is 29.6. The van der Waals surface area contributed by atoms with Crippen molar-refractivity contribution in [2.45, 2.75) is 18.8 Å². The Bertz CT molecular complexity index is 1360. The molecule has 0 bridgehead atoms. The lowest BCUT2D eigenvalue weighted by Gasteiger charge is -2.27. The van der Waals surface area contributed by atoms with Crippen molar-refractivity contribution in [2.24, 2.45) is 0 Å². The molecule has 0 spiro atoms. The van der Waals surface area contributed by atoms with Gasteiger partial charge in [-0.2, -0.15) is 0 Å². The van der Waals surface area contributed by atoms with Crippen molar-refractivity contribution < 1.29 is 28.7 Å². The minimum atomic E-state index is -2.41. The summed E-state index contributed by atoms with van der Waals surface area (Å²) >= 11 is 0. The average Bonchev–Trinajstić information content (AvgIpc) is 2.92. The van der Waals surface area contributed by atoms with E-state index in [9.17, 15) is 19.2 Å². The number of ether oxygens (including phenoxy) is 2. The maximum absolute atomic E-state index is 13.8. The number of carbonyl (C=O) groups excluding carboxylic acids is 4. The van der Waals surface area contributed by atoms with Crippen LogP contribution in [-0.2, 0) is 26.2 Å². The average molecular weight is 493 g/mol. The van der Waals surface area contributed by atoms with Crippen LogP contribution in [0.15, 0.2) is 109 Å². The van der Waals surface area contributed by atoms with Gasteiger partial charge in [-0.25, -0.2) is 9.59 Å². The highest BCUT2D eigenvalue weighted by atomic mass is 16.5. The van der Waals surface area contributed by atoms with Gasteiger partial charge in [0.15, 0.2) is 5.78 Å². The Labute approximate surface area is 214 Å². The molecule has 0 aliphatic carbocycles. The second kappa shape index (κ2) is 11.3. The molecule has 0 N–H and O–H groups in total. The number of esters is 2. The van der Waals surface area contributed by atoms with Crippen LogP contribution in [0.5, 0.6) is 11.5 Å². The molecule has 6 nitrogen and oxygen atoms in total. The van der Waals surface area contributed by atoms with Gasteiger partial charge in [0.1, 0.15) is 17.8 Å². The van der Waals surface area contributed by atoms with Gasteiger partial charge in [-0.1, -0.05) is 84.4 Å². The quantitative estimate of drug-likeness (QED) is 0.140. The standard InChI is InChI=1S/C31H24O6/c1-22-16-18-25(19-17-22)36-29(34)26-14-8-9-15-27(26)31(21-32,28(33)20-23-10-4-2-5-11-23)30(35)37-24-12-6-3-7-13-24/h2-19,21H,20H2,1H3. The first kappa shape index (κ1) is 25.3. The third kappa shape index (κ3) is 5.54. The van der Waals surface area contributed by atoms with E-state index >= 15 is 0 Å². The van der Waals surface area contributed by atoms with Crippen LogP contribution in [0.25, 0.3) is 0 Å². The number of ketones is 1. The maximum Gasteiger partial charge on any atom is 0.343 e. The maximum atomic E-state index is 13.8. The second-order valence-corrected chi connectivity index (χ2v) is 8.46. The van der Waals surface area contributed by atoms with E-state index in [1.54, 1.807) is 84.9 Å². The van der Waals surface area contributed by atoms with Crippen LogP contribution < -0.4 is 9.47 Å². The summed E-state index contributed by atoms with van der Waals surface area (Å²) in [5.41, 5.74) is -1.03. The molecule has 0 amide bonds. The Balaban J connectivity index is 1.79.